The quantitative estimate of drug-likeness (QED) is 0.766. The average molecular weight is 406 g/mol. The van der Waals surface area contributed by atoms with Gasteiger partial charge in [-0.3, -0.25) is 4.79 Å². The molecule has 2 aromatic carbocycles. The summed E-state index contributed by atoms with van der Waals surface area (Å²) in [4.78, 5) is 31.2. The molecule has 2 aliphatic rings. The summed E-state index contributed by atoms with van der Waals surface area (Å²) in [6.45, 7) is 4.92. The van der Waals surface area contributed by atoms with Gasteiger partial charge in [0, 0.05) is 45.7 Å². The first-order chi connectivity index (χ1) is 14.4. The number of rotatable bonds is 2. The number of urea groups is 1. The van der Waals surface area contributed by atoms with Crippen molar-refractivity contribution in [2.45, 2.75) is 38.1 Å². The molecule has 4 rings (SSSR count). The molecule has 2 aliphatic heterocycles. The molecule has 0 N–H and O–H groups in total. The SMILES string of the molecule is Cc1ccc(CC(=O)N2CCC3(CC2)CN(C(=O)N(C)C)Cc2ccccc23)cc1. The molecule has 5 heteroatoms. The zero-order valence-corrected chi connectivity index (χ0v) is 18.2. The van der Waals surface area contributed by atoms with Crippen molar-refractivity contribution in [1.82, 2.24) is 14.7 Å². The second-order valence-corrected chi connectivity index (χ2v) is 9.01. The van der Waals surface area contributed by atoms with Crippen LogP contribution in [0.3, 0.4) is 0 Å². The number of hydrogen-bond acceptors (Lipinski definition) is 2. The Morgan fingerprint density at radius 3 is 2.30 bits per heavy atom. The normalized spacial score (nSPS) is 17.6. The summed E-state index contributed by atoms with van der Waals surface area (Å²) in [5.41, 5.74) is 4.80. The van der Waals surface area contributed by atoms with Crippen LogP contribution >= 0.6 is 0 Å². The van der Waals surface area contributed by atoms with Crippen molar-refractivity contribution < 1.29 is 9.59 Å². The van der Waals surface area contributed by atoms with Gasteiger partial charge in [-0.05, 0) is 36.5 Å². The van der Waals surface area contributed by atoms with Gasteiger partial charge >= 0.3 is 6.03 Å². The van der Waals surface area contributed by atoms with E-state index in [9.17, 15) is 9.59 Å². The van der Waals surface area contributed by atoms with E-state index in [-0.39, 0.29) is 17.4 Å². The second kappa shape index (κ2) is 8.13. The van der Waals surface area contributed by atoms with Crippen LogP contribution in [0.5, 0.6) is 0 Å². The standard InChI is InChI=1S/C25H31N3O2/c1-19-8-10-20(11-9-19)16-23(29)27-14-12-25(13-15-27)18-28(24(30)26(2)3)17-21-6-4-5-7-22(21)25/h4-11H,12-18H2,1-3H3. The smallest absolute Gasteiger partial charge is 0.319 e. The first-order valence-electron chi connectivity index (χ1n) is 10.8. The number of fused-ring (bicyclic) bond motifs is 2. The fourth-order valence-corrected chi connectivity index (χ4v) is 4.91. The molecule has 0 bridgehead atoms. The maximum atomic E-state index is 12.9. The van der Waals surface area contributed by atoms with Crippen LogP contribution in [0.1, 0.15) is 35.1 Å². The molecule has 0 aromatic heterocycles. The largest absolute Gasteiger partial charge is 0.342 e. The minimum atomic E-state index is -0.0683. The fourth-order valence-electron chi connectivity index (χ4n) is 4.91. The van der Waals surface area contributed by atoms with Crippen LogP contribution < -0.4 is 0 Å². The minimum absolute atomic E-state index is 0.0572. The number of aryl methyl sites for hydroxylation is 1. The lowest BCUT2D eigenvalue weighted by molar-refractivity contribution is -0.132. The molecule has 2 aromatic rings. The molecular weight excluding hydrogens is 374 g/mol. The molecule has 0 saturated carbocycles. The van der Waals surface area contributed by atoms with Gasteiger partial charge in [-0.2, -0.15) is 0 Å². The molecule has 30 heavy (non-hydrogen) atoms. The van der Waals surface area contributed by atoms with Gasteiger partial charge in [0.1, 0.15) is 0 Å². The van der Waals surface area contributed by atoms with E-state index in [1.807, 2.05) is 36.0 Å². The Balaban J connectivity index is 1.49. The highest BCUT2D eigenvalue weighted by atomic mass is 16.2. The Bertz CT molecular complexity index is 928. The predicted molar refractivity (Wildman–Crippen MR) is 118 cm³/mol. The summed E-state index contributed by atoms with van der Waals surface area (Å²) >= 11 is 0. The summed E-state index contributed by atoms with van der Waals surface area (Å²) in [6, 6.07) is 16.8. The summed E-state index contributed by atoms with van der Waals surface area (Å²) in [6.07, 6.45) is 2.23. The highest BCUT2D eigenvalue weighted by Crippen LogP contribution is 2.42. The molecule has 0 unspecified atom stereocenters. The van der Waals surface area contributed by atoms with Gasteiger partial charge in [0.15, 0.2) is 0 Å². The Morgan fingerprint density at radius 1 is 0.967 bits per heavy atom. The average Bonchev–Trinajstić information content (AvgIpc) is 2.75. The van der Waals surface area contributed by atoms with Crippen LogP contribution in [0.2, 0.25) is 0 Å². The number of benzene rings is 2. The predicted octanol–water partition coefficient (Wildman–Crippen LogP) is 3.60. The topological polar surface area (TPSA) is 43.9 Å². The fraction of sp³-hybridized carbons (Fsp3) is 0.440. The number of piperidine rings is 1. The van der Waals surface area contributed by atoms with Crippen molar-refractivity contribution >= 4 is 11.9 Å². The number of hydrogen-bond donors (Lipinski definition) is 0. The van der Waals surface area contributed by atoms with Gasteiger partial charge in [-0.15, -0.1) is 0 Å². The lowest BCUT2D eigenvalue weighted by atomic mass is 9.69. The van der Waals surface area contributed by atoms with E-state index in [0.29, 0.717) is 13.0 Å². The molecule has 0 atom stereocenters. The van der Waals surface area contributed by atoms with Crippen molar-refractivity contribution in [3.05, 3.63) is 70.8 Å². The van der Waals surface area contributed by atoms with E-state index in [1.165, 1.54) is 16.7 Å². The zero-order chi connectivity index (χ0) is 21.3. The third kappa shape index (κ3) is 3.93. The highest BCUT2D eigenvalue weighted by molar-refractivity contribution is 5.79. The number of carbonyl (C=O) groups excluding carboxylic acids is 2. The summed E-state index contributed by atoms with van der Waals surface area (Å²) in [5.74, 6) is 0.194. The third-order valence-corrected chi connectivity index (χ3v) is 6.65. The first kappa shape index (κ1) is 20.5. The van der Waals surface area contributed by atoms with Crippen molar-refractivity contribution in [2.24, 2.45) is 0 Å². The maximum Gasteiger partial charge on any atom is 0.319 e. The molecule has 1 fully saturated rings. The minimum Gasteiger partial charge on any atom is -0.342 e. The number of likely N-dealkylation sites (tertiary alicyclic amines) is 1. The summed E-state index contributed by atoms with van der Waals surface area (Å²) < 4.78 is 0. The van der Waals surface area contributed by atoms with Crippen molar-refractivity contribution in [3.8, 4) is 0 Å². The second-order valence-electron chi connectivity index (χ2n) is 9.01. The Kier molecular flexibility index (Phi) is 5.54. The van der Waals surface area contributed by atoms with Crippen LogP contribution in [0, 0.1) is 6.92 Å². The van der Waals surface area contributed by atoms with Gasteiger partial charge in [0.25, 0.3) is 0 Å². The maximum absolute atomic E-state index is 12.9. The van der Waals surface area contributed by atoms with Gasteiger partial charge in [0.05, 0.1) is 6.42 Å². The molecule has 5 nitrogen and oxygen atoms in total. The lowest BCUT2D eigenvalue weighted by Gasteiger charge is -2.49. The Labute approximate surface area is 179 Å². The molecule has 1 spiro atoms. The van der Waals surface area contributed by atoms with E-state index in [1.54, 1.807) is 4.90 Å². The number of nitrogens with zero attached hydrogens (tertiary/aromatic N) is 3. The van der Waals surface area contributed by atoms with Crippen molar-refractivity contribution in [1.29, 1.82) is 0 Å². The first-order valence-corrected chi connectivity index (χ1v) is 10.8. The van der Waals surface area contributed by atoms with Crippen LogP contribution in [0.4, 0.5) is 4.79 Å². The van der Waals surface area contributed by atoms with E-state index >= 15 is 0 Å². The summed E-state index contributed by atoms with van der Waals surface area (Å²) in [7, 11) is 3.61. The molecule has 1 saturated heterocycles. The molecule has 0 radical (unpaired) electrons. The molecule has 2 heterocycles. The Hall–Kier alpha value is -2.82. The van der Waals surface area contributed by atoms with Crippen LogP contribution in [-0.4, -0.2) is 60.4 Å². The number of carbonyl (C=O) groups is 2. The van der Waals surface area contributed by atoms with E-state index < -0.39 is 0 Å². The van der Waals surface area contributed by atoms with Crippen LogP contribution in [-0.2, 0) is 23.2 Å². The van der Waals surface area contributed by atoms with Gasteiger partial charge in [-0.1, -0.05) is 54.1 Å². The van der Waals surface area contributed by atoms with Gasteiger partial charge in [-0.25, -0.2) is 4.79 Å². The van der Waals surface area contributed by atoms with Crippen molar-refractivity contribution in [2.75, 3.05) is 33.7 Å². The highest BCUT2D eigenvalue weighted by Gasteiger charge is 2.43. The van der Waals surface area contributed by atoms with E-state index in [0.717, 1.165) is 38.0 Å². The van der Waals surface area contributed by atoms with Gasteiger partial charge in [0.2, 0.25) is 5.91 Å². The van der Waals surface area contributed by atoms with E-state index in [4.69, 9.17) is 0 Å². The molecular formula is C25H31N3O2. The molecule has 0 aliphatic carbocycles. The van der Waals surface area contributed by atoms with Crippen molar-refractivity contribution in [3.63, 3.8) is 0 Å². The van der Waals surface area contributed by atoms with E-state index in [2.05, 4.69) is 43.3 Å². The van der Waals surface area contributed by atoms with Crippen LogP contribution in [0.15, 0.2) is 48.5 Å². The number of amides is 3. The summed E-state index contributed by atoms with van der Waals surface area (Å²) in [5, 5.41) is 0. The molecule has 3 amide bonds. The zero-order valence-electron chi connectivity index (χ0n) is 18.2. The third-order valence-electron chi connectivity index (χ3n) is 6.65. The molecule has 158 valence electrons. The monoisotopic (exact) mass is 405 g/mol. The lowest BCUT2D eigenvalue weighted by Crippen LogP contribution is -2.55. The Morgan fingerprint density at radius 2 is 1.63 bits per heavy atom. The van der Waals surface area contributed by atoms with Crippen LogP contribution in [0.25, 0.3) is 0 Å². The van der Waals surface area contributed by atoms with Gasteiger partial charge < -0.3 is 14.7 Å².